The fraction of sp³-hybridized carbons (Fsp3) is 0.462. The van der Waals surface area contributed by atoms with Crippen LogP contribution in [0.25, 0.3) is 10.1 Å². The molecule has 80 valence electrons. The van der Waals surface area contributed by atoms with Crippen molar-refractivity contribution >= 4 is 21.6 Å². The summed E-state index contributed by atoms with van der Waals surface area (Å²) in [4.78, 5) is 0. The average Bonchev–Trinajstić information content (AvgIpc) is 2.45. The van der Waals surface area contributed by atoms with Crippen LogP contribution in [0.4, 0.5) is 0 Å². The highest BCUT2D eigenvalue weighted by Gasteiger charge is 2.21. The Balaban J connectivity index is 2.81. The molecule has 0 atom stereocenters. The summed E-state index contributed by atoms with van der Waals surface area (Å²) in [6, 6.07) is 4.47. The minimum atomic E-state index is 0.137. The summed E-state index contributed by atoms with van der Waals surface area (Å²) in [5.74, 6) is 0. The van der Waals surface area contributed by atoms with Crippen molar-refractivity contribution in [1.82, 2.24) is 4.37 Å². The maximum absolute atomic E-state index is 4.61. The zero-order valence-corrected chi connectivity index (χ0v) is 10.8. The van der Waals surface area contributed by atoms with E-state index in [0.29, 0.717) is 0 Å². The van der Waals surface area contributed by atoms with E-state index in [-0.39, 0.29) is 5.41 Å². The van der Waals surface area contributed by atoms with Gasteiger partial charge in [-0.05, 0) is 42.6 Å². The summed E-state index contributed by atoms with van der Waals surface area (Å²) in [5.41, 5.74) is 4.05. The molecule has 1 aromatic heterocycles. The number of aromatic nitrogens is 1. The molecule has 15 heavy (non-hydrogen) atoms. The third-order valence-electron chi connectivity index (χ3n) is 2.63. The highest BCUT2D eigenvalue weighted by Crippen LogP contribution is 2.34. The lowest BCUT2D eigenvalue weighted by molar-refractivity contribution is 0.581. The zero-order chi connectivity index (χ0) is 11.2. The maximum atomic E-state index is 4.61. The Bertz CT molecular complexity index is 503. The fourth-order valence-electron chi connectivity index (χ4n) is 1.96. The first-order valence-electron chi connectivity index (χ1n) is 5.27. The monoisotopic (exact) mass is 219 g/mol. The van der Waals surface area contributed by atoms with Crippen LogP contribution >= 0.6 is 11.5 Å². The molecule has 0 bridgehead atoms. The highest BCUT2D eigenvalue weighted by molar-refractivity contribution is 7.13. The molecule has 0 aliphatic rings. The van der Waals surface area contributed by atoms with Crippen molar-refractivity contribution in [2.45, 2.75) is 40.0 Å². The molecule has 0 unspecified atom stereocenters. The number of rotatable bonds is 0. The first-order chi connectivity index (χ1) is 6.89. The van der Waals surface area contributed by atoms with Gasteiger partial charge in [-0.2, -0.15) is 4.37 Å². The summed E-state index contributed by atoms with van der Waals surface area (Å²) in [7, 11) is 0. The summed E-state index contributed by atoms with van der Waals surface area (Å²) >= 11 is 1.62. The Morgan fingerprint density at radius 3 is 2.40 bits per heavy atom. The number of fused-ring (bicyclic) bond motifs is 1. The van der Waals surface area contributed by atoms with Crippen molar-refractivity contribution in [2.24, 2.45) is 0 Å². The summed E-state index contributed by atoms with van der Waals surface area (Å²) in [6.45, 7) is 11.0. The van der Waals surface area contributed by atoms with E-state index in [2.05, 4.69) is 51.1 Å². The lowest BCUT2D eigenvalue weighted by Crippen LogP contribution is -2.12. The first kappa shape index (κ1) is 10.6. The van der Waals surface area contributed by atoms with Crippen LogP contribution in [0.15, 0.2) is 12.1 Å². The topological polar surface area (TPSA) is 12.9 Å². The van der Waals surface area contributed by atoms with Gasteiger partial charge in [-0.15, -0.1) is 0 Å². The second-order valence-electron chi connectivity index (χ2n) is 5.24. The van der Waals surface area contributed by atoms with Crippen molar-refractivity contribution in [2.75, 3.05) is 0 Å². The fourth-order valence-corrected chi connectivity index (χ4v) is 3.10. The van der Waals surface area contributed by atoms with Crippen molar-refractivity contribution in [3.05, 3.63) is 29.0 Å². The molecule has 0 N–H and O–H groups in total. The van der Waals surface area contributed by atoms with Crippen LogP contribution in [-0.2, 0) is 5.41 Å². The van der Waals surface area contributed by atoms with Gasteiger partial charge in [-0.3, -0.25) is 0 Å². The van der Waals surface area contributed by atoms with Crippen molar-refractivity contribution in [3.63, 3.8) is 0 Å². The predicted octanol–water partition coefficient (Wildman–Crippen LogP) is 4.21. The Hall–Kier alpha value is -0.890. The smallest absolute Gasteiger partial charge is 0.0676 e. The van der Waals surface area contributed by atoms with Crippen LogP contribution in [0.2, 0.25) is 0 Å². The number of aryl methyl sites for hydroxylation is 2. The van der Waals surface area contributed by atoms with Gasteiger partial charge in [0, 0.05) is 10.8 Å². The molecule has 0 spiro atoms. The van der Waals surface area contributed by atoms with Crippen LogP contribution in [-0.4, -0.2) is 4.37 Å². The van der Waals surface area contributed by atoms with Gasteiger partial charge in [0.25, 0.3) is 0 Å². The van der Waals surface area contributed by atoms with Crippen LogP contribution in [0.3, 0.4) is 0 Å². The van der Waals surface area contributed by atoms with Gasteiger partial charge >= 0.3 is 0 Å². The molecule has 0 radical (unpaired) electrons. The number of benzene rings is 1. The van der Waals surface area contributed by atoms with Crippen LogP contribution in [0, 0.1) is 13.8 Å². The molecular formula is C13H17NS. The molecule has 2 heteroatoms. The molecular weight excluding hydrogens is 202 g/mol. The van der Waals surface area contributed by atoms with Crippen molar-refractivity contribution in [1.29, 1.82) is 0 Å². The Morgan fingerprint density at radius 2 is 1.80 bits per heavy atom. The molecule has 0 saturated carbocycles. The van der Waals surface area contributed by atoms with Crippen LogP contribution in [0.1, 0.15) is 37.6 Å². The van der Waals surface area contributed by atoms with E-state index in [4.69, 9.17) is 0 Å². The standard InChI is InChI=1S/C13H17NS/c1-8-6-9(2)11-10(7-8)15-14-12(11)13(3,4)5/h6-7H,1-5H3. The number of hydrogen-bond acceptors (Lipinski definition) is 2. The number of nitrogens with zero attached hydrogens (tertiary/aromatic N) is 1. The SMILES string of the molecule is Cc1cc(C)c2c(C(C)(C)C)nsc2c1. The van der Waals surface area contributed by atoms with Gasteiger partial charge in [0.2, 0.25) is 0 Å². The molecule has 1 nitrogen and oxygen atoms in total. The van der Waals surface area contributed by atoms with Gasteiger partial charge in [0.1, 0.15) is 0 Å². The minimum absolute atomic E-state index is 0.137. The van der Waals surface area contributed by atoms with E-state index in [1.54, 1.807) is 11.5 Å². The predicted molar refractivity (Wildman–Crippen MR) is 67.8 cm³/mol. The summed E-state index contributed by atoms with van der Waals surface area (Å²) in [5, 5.41) is 1.36. The highest BCUT2D eigenvalue weighted by atomic mass is 32.1. The second-order valence-corrected chi connectivity index (χ2v) is 6.04. The van der Waals surface area contributed by atoms with Gasteiger partial charge in [-0.25, -0.2) is 0 Å². The molecule has 2 aromatic rings. The zero-order valence-electron chi connectivity index (χ0n) is 10.0. The molecule has 0 aliphatic heterocycles. The van der Waals surface area contributed by atoms with E-state index in [9.17, 15) is 0 Å². The molecule has 1 heterocycles. The van der Waals surface area contributed by atoms with Crippen LogP contribution in [0.5, 0.6) is 0 Å². The van der Waals surface area contributed by atoms with Crippen LogP contribution < -0.4 is 0 Å². The minimum Gasteiger partial charge on any atom is -0.196 e. The molecule has 0 saturated heterocycles. The lowest BCUT2D eigenvalue weighted by Gasteiger charge is -2.16. The van der Waals surface area contributed by atoms with Gasteiger partial charge in [0.05, 0.1) is 10.4 Å². The van der Waals surface area contributed by atoms with E-state index >= 15 is 0 Å². The second kappa shape index (κ2) is 3.31. The van der Waals surface area contributed by atoms with E-state index in [1.807, 2.05) is 0 Å². The Kier molecular flexibility index (Phi) is 2.34. The largest absolute Gasteiger partial charge is 0.196 e. The Labute approximate surface area is 95.3 Å². The van der Waals surface area contributed by atoms with Crippen molar-refractivity contribution in [3.8, 4) is 0 Å². The van der Waals surface area contributed by atoms with Gasteiger partial charge < -0.3 is 0 Å². The quantitative estimate of drug-likeness (QED) is 0.646. The lowest BCUT2D eigenvalue weighted by atomic mass is 9.88. The van der Waals surface area contributed by atoms with Gasteiger partial charge in [-0.1, -0.05) is 26.8 Å². The van der Waals surface area contributed by atoms with E-state index < -0.39 is 0 Å². The molecule has 0 aliphatic carbocycles. The van der Waals surface area contributed by atoms with Gasteiger partial charge in [0.15, 0.2) is 0 Å². The number of hydrogen-bond donors (Lipinski definition) is 0. The molecule has 2 rings (SSSR count). The third-order valence-corrected chi connectivity index (χ3v) is 3.42. The van der Waals surface area contributed by atoms with Crippen molar-refractivity contribution < 1.29 is 0 Å². The third kappa shape index (κ3) is 1.78. The average molecular weight is 219 g/mol. The summed E-state index contributed by atoms with van der Waals surface area (Å²) < 4.78 is 5.93. The summed E-state index contributed by atoms with van der Waals surface area (Å²) in [6.07, 6.45) is 0. The maximum Gasteiger partial charge on any atom is 0.0676 e. The van der Waals surface area contributed by atoms with E-state index in [1.165, 1.54) is 26.9 Å². The molecule has 1 aromatic carbocycles. The first-order valence-corrected chi connectivity index (χ1v) is 6.04. The normalized spacial score (nSPS) is 12.3. The Morgan fingerprint density at radius 1 is 1.13 bits per heavy atom. The molecule has 0 fully saturated rings. The van der Waals surface area contributed by atoms with E-state index in [0.717, 1.165) is 0 Å². The molecule has 0 amide bonds.